The lowest BCUT2D eigenvalue weighted by Gasteiger charge is -2.06. The van der Waals surface area contributed by atoms with Gasteiger partial charge in [-0.3, -0.25) is 0 Å². The molecule has 0 N–H and O–H groups in total. The van der Waals surface area contributed by atoms with E-state index in [1.54, 1.807) is 0 Å². The van der Waals surface area contributed by atoms with Gasteiger partial charge in [-0.05, 0) is 37.1 Å². The highest BCUT2D eigenvalue weighted by molar-refractivity contribution is 5.77. The molecule has 0 aliphatic rings. The van der Waals surface area contributed by atoms with Crippen LogP contribution in [0.4, 0.5) is 0 Å². The lowest BCUT2D eigenvalue weighted by molar-refractivity contribution is 0.849. The Labute approximate surface area is 108 Å². The Bertz CT molecular complexity index is 613. The maximum Gasteiger partial charge on any atom is 0.0695 e. The van der Waals surface area contributed by atoms with Crippen molar-refractivity contribution < 1.29 is 0 Å². The summed E-state index contributed by atoms with van der Waals surface area (Å²) >= 11 is 0. The number of fused-ring (bicyclic) bond motifs is 3. The molecule has 0 spiro atoms. The highest BCUT2D eigenvalue weighted by atomic mass is 15.0. The Balaban J connectivity index is 2.21. The molecular weight excluding hydrogens is 220 g/mol. The molecule has 0 bridgehead atoms. The summed E-state index contributed by atoms with van der Waals surface area (Å²) in [5.74, 6) is 0. The molecule has 18 heavy (non-hydrogen) atoms. The van der Waals surface area contributed by atoms with Crippen LogP contribution in [0, 0.1) is 0 Å². The summed E-state index contributed by atoms with van der Waals surface area (Å²) in [7, 11) is 0. The largest absolute Gasteiger partial charge is 0.317 e. The number of hydrogen-bond acceptors (Lipinski definition) is 0. The maximum absolute atomic E-state index is 2.33. The number of hydrogen-bond donors (Lipinski definition) is 0. The van der Waals surface area contributed by atoms with Gasteiger partial charge in [-0.1, -0.05) is 26.7 Å². The van der Waals surface area contributed by atoms with Crippen LogP contribution < -0.4 is 0 Å². The first-order valence-electron chi connectivity index (χ1n) is 6.94. The van der Waals surface area contributed by atoms with E-state index in [2.05, 4.69) is 59.3 Å². The van der Waals surface area contributed by atoms with Crippen LogP contribution in [0.1, 0.15) is 38.1 Å². The second kappa shape index (κ2) is 4.52. The van der Waals surface area contributed by atoms with Crippen LogP contribution in [0.5, 0.6) is 0 Å². The Kier molecular flexibility index (Phi) is 2.86. The van der Waals surface area contributed by atoms with Crippen LogP contribution in [0.25, 0.3) is 11.0 Å². The third kappa shape index (κ3) is 1.64. The second-order valence-corrected chi connectivity index (χ2v) is 4.96. The monoisotopic (exact) mass is 240 g/mol. The van der Waals surface area contributed by atoms with Gasteiger partial charge in [0.2, 0.25) is 0 Å². The average molecular weight is 240 g/mol. The van der Waals surface area contributed by atoms with E-state index in [0.717, 1.165) is 12.8 Å². The van der Waals surface area contributed by atoms with Gasteiger partial charge in [-0.15, -0.1) is 0 Å². The van der Waals surface area contributed by atoms with E-state index in [1.165, 1.54) is 35.3 Å². The summed E-state index contributed by atoms with van der Waals surface area (Å²) < 4.78 is 4.66. The molecule has 0 aliphatic heterocycles. The maximum atomic E-state index is 2.33. The molecule has 0 saturated heterocycles. The Hall–Kier alpha value is -1.70. The molecule has 3 rings (SSSR count). The Morgan fingerprint density at radius 1 is 0.722 bits per heavy atom. The summed E-state index contributed by atoms with van der Waals surface area (Å²) in [4.78, 5) is 0. The third-order valence-corrected chi connectivity index (χ3v) is 3.64. The van der Waals surface area contributed by atoms with Crippen molar-refractivity contribution in [1.29, 1.82) is 0 Å². The van der Waals surface area contributed by atoms with Gasteiger partial charge in [0, 0.05) is 23.8 Å². The predicted octanol–water partition coefficient (Wildman–Crippen LogP) is 4.10. The number of aromatic nitrogens is 2. The molecule has 0 aromatic carbocycles. The van der Waals surface area contributed by atoms with E-state index < -0.39 is 0 Å². The molecule has 94 valence electrons. The number of aryl methyl sites for hydroxylation is 2. The van der Waals surface area contributed by atoms with Crippen molar-refractivity contribution in [3.8, 4) is 0 Å². The average Bonchev–Trinajstić information content (AvgIpc) is 2.95. The van der Waals surface area contributed by atoms with Gasteiger partial charge in [-0.25, -0.2) is 0 Å². The van der Waals surface area contributed by atoms with Gasteiger partial charge in [0.05, 0.1) is 11.0 Å². The van der Waals surface area contributed by atoms with Gasteiger partial charge in [0.1, 0.15) is 0 Å². The van der Waals surface area contributed by atoms with Crippen molar-refractivity contribution in [2.45, 2.75) is 39.5 Å². The van der Waals surface area contributed by atoms with Crippen molar-refractivity contribution in [1.82, 2.24) is 8.80 Å². The lowest BCUT2D eigenvalue weighted by atomic mass is 10.2. The van der Waals surface area contributed by atoms with Crippen LogP contribution in [0.3, 0.4) is 0 Å². The second-order valence-electron chi connectivity index (χ2n) is 4.96. The zero-order valence-electron chi connectivity index (χ0n) is 11.2. The smallest absolute Gasteiger partial charge is 0.0695 e. The van der Waals surface area contributed by atoms with Crippen LogP contribution >= 0.6 is 0 Å². The SMILES string of the molecule is CCCc1ccc2c3ccc(CCC)n3ccn12. The Morgan fingerprint density at radius 2 is 1.17 bits per heavy atom. The van der Waals surface area contributed by atoms with Gasteiger partial charge in [0.15, 0.2) is 0 Å². The summed E-state index contributed by atoms with van der Waals surface area (Å²) in [6, 6.07) is 9.00. The molecule has 0 saturated carbocycles. The zero-order chi connectivity index (χ0) is 12.5. The number of rotatable bonds is 4. The molecule has 3 heterocycles. The first-order chi connectivity index (χ1) is 8.85. The molecule has 0 radical (unpaired) electrons. The van der Waals surface area contributed by atoms with E-state index in [9.17, 15) is 0 Å². The van der Waals surface area contributed by atoms with Crippen LogP contribution in [-0.2, 0) is 12.8 Å². The molecule has 2 heteroatoms. The molecule has 0 amide bonds. The summed E-state index contributed by atoms with van der Waals surface area (Å²) in [6.45, 7) is 4.46. The standard InChI is InChI=1S/C16H20N2/c1-3-5-13-7-9-15-16-10-8-14(6-4-2)18(16)12-11-17(13)15/h7-12H,3-6H2,1-2H3. The highest BCUT2D eigenvalue weighted by Gasteiger charge is 2.07. The van der Waals surface area contributed by atoms with Gasteiger partial charge in [0.25, 0.3) is 0 Å². The quantitative estimate of drug-likeness (QED) is 0.649. The highest BCUT2D eigenvalue weighted by Crippen LogP contribution is 2.20. The van der Waals surface area contributed by atoms with Crippen molar-refractivity contribution in [2.75, 3.05) is 0 Å². The molecule has 3 aromatic rings. The fourth-order valence-electron chi connectivity index (χ4n) is 2.80. The van der Waals surface area contributed by atoms with Crippen molar-refractivity contribution >= 4 is 11.0 Å². The first kappa shape index (κ1) is 11.4. The topological polar surface area (TPSA) is 8.82 Å². The van der Waals surface area contributed by atoms with Gasteiger partial charge < -0.3 is 8.80 Å². The van der Waals surface area contributed by atoms with E-state index >= 15 is 0 Å². The summed E-state index contributed by atoms with van der Waals surface area (Å²) in [6.07, 6.45) is 9.08. The lowest BCUT2D eigenvalue weighted by Crippen LogP contribution is -1.97. The van der Waals surface area contributed by atoms with Crippen LogP contribution in [-0.4, -0.2) is 8.80 Å². The Morgan fingerprint density at radius 3 is 1.56 bits per heavy atom. The summed E-state index contributed by atoms with van der Waals surface area (Å²) in [5, 5.41) is 0. The molecule has 3 aromatic heterocycles. The van der Waals surface area contributed by atoms with E-state index in [4.69, 9.17) is 0 Å². The van der Waals surface area contributed by atoms with E-state index in [0.29, 0.717) is 0 Å². The minimum absolute atomic E-state index is 1.15. The molecule has 0 atom stereocenters. The van der Waals surface area contributed by atoms with E-state index in [-0.39, 0.29) is 0 Å². The fourth-order valence-corrected chi connectivity index (χ4v) is 2.80. The van der Waals surface area contributed by atoms with E-state index in [1.807, 2.05) is 0 Å². The van der Waals surface area contributed by atoms with Crippen LogP contribution in [0.15, 0.2) is 36.7 Å². The van der Waals surface area contributed by atoms with Crippen molar-refractivity contribution in [3.05, 3.63) is 48.0 Å². The van der Waals surface area contributed by atoms with Gasteiger partial charge in [-0.2, -0.15) is 0 Å². The van der Waals surface area contributed by atoms with Crippen LogP contribution in [0.2, 0.25) is 0 Å². The predicted molar refractivity (Wildman–Crippen MR) is 76.3 cm³/mol. The molecule has 0 fully saturated rings. The van der Waals surface area contributed by atoms with Crippen molar-refractivity contribution in [2.24, 2.45) is 0 Å². The third-order valence-electron chi connectivity index (χ3n) is 3.64. The van der Waals surface area contributed by atoms with Crippen molar-refractivity contribution in [3.63, 3.8) is 0 Å². The molecule has 0 aliphatic carbocycles. The molecular formula is C16H20N2. The minimum atomic E-state index is 1.15. The normalized spacial score (nSPS) is 11.7. The summed E-state index contributed by atoms with van der Waals surface area (Å²) in [5.41, 5.74) is 5.47. The fraction of sp³-hybridized carbons (Fsp3) is 0.375. The number of nitrogens with zero attached hydrogens (tertiary/aromatic N) is 2. The van der Waals surface area contributed by atoms with Gasteiger partial charge >= 0.3 is 0 Å². The molecule has 2 nitrogen and oxygen atoms in total. The molecule has 0 unspecified atom stereocenters. The zero-order valence-corrected chi connectivity index (χ0v) is 11.2. The first-order valence-corrected chi connectivity index (χ1v) is 6.94. The minimum Gasteiger partial charge on any atom is -0.317 e.